The van der Waals surface area contributed by atoms with Gasteiger partial charge in [-0.2, -0.15) is 4.99 Å². The zero-order valence-electron chi connectivity index (χ0n) is 18.8. The molecule has 10 heteroatoms. The van der Waals surface area contributed by atoms with Crippen LogP contribution in [0.3, 0.4) is 0 Å². The van der Waals surface area contributed by atoms with E-state index in [4.69, 9.17) is 16.2 Å². The van der Waals surface area contributed by atoms with Crippen LogP contribution in [0.5, 0.6) is 5.75 Å². The zero-order chi connectivity index (χ0) is 24.3. The second-order valence-corrected chi connectivity index (χ2v) is 10.3. The fourth-order valence-electron chi connectivity index (χ4n) is 3.59. The number of methoxy groups -OCH3 is 1. The summed E-state index contributed by atoms with van der Waals surface area (Å²) >= 11 is 1.36. The van der Waals surface area contributed by atoms with Gasteiger partial charge in [0.2, 0.25) is 5.13 Å². The highest BCUT2D eigenvalue weighted by Crippen LogP contribution is 2.34. The molecule has 0 spiro atoms. The van der Waals surface area contributed by atoms with Crippen LogP contribution in [0.1, 0.15) is 23.4 Å². The third-order valence-corrected chi connectivity index (χ3v) is 7.76. The van der Waals surface area contributed by atoms with Crippen LogP contribution in [-0.2, 0) is 10.0 Å². The number of hydrogen-bond donors (Lipinski definition) is 3. The number of nitrogens with one attached hydrogen (secondary N) is 1. The van der Waals surface area contributed by atoms with E-state index < -0.39 is 10.0 Å². The van der Waals surface area contributed by atoms with E-state index in [1.54, 1.807) is 31.4 Å². The first-order valence-electron chi connectivity index (χ1n) is 10.5. The summed E-state index contributed by atoms with van der Waals surface area (Å²) < 4.78 is 34.0. The monoisotopic (exact) mass is 495 g/mol. The summed E-state index contributed by atoms with van der Waals surface area (Å²) in [5.74, 6) is 0.710. The third-order valence-electron chi connectivity index (χ3n) is 5.23. The van der Waals surface area contributed by atoms with Crippen molar-refractivity contribution in [2.75, 3.05) is 7.11 Å². The van der Waals surface area contributed by atoms with Crippen LogP contribution >= 0.6 is 11.3 Å². The molecule has 0 saturated carbocycles. The van der Waals surface area contributed by atoms with Crippen molar-refractivity contribution in [1.29, 1.82) is 0 Å². The van der Waals surface area contributed by atoms with Crippen molar-refractivity contribution < 1.29 is 13.2 Å². The van der Waals surface area contributed by atoms with E-state index in [2.05, 4.69) is 20.8 Å². The van der Waals surface area contributed by atoms with Crippen LogP contribution in [0.2, 0.25) is 0 Å². The van der Waals surface area contributed by atoms with Gasteiger partial charge in [-0.3, -0.25) is 4.72 Å². The Labute approximate surface area is 202 Å². The molecule has 176 valence electrons. The Morgan fingerprint density at radius 1 is 1.09 bits per heavy atom. The zero-order valence-corrected chi connectivity index (χ0v) is 20.4. The van der Waals surface area contributed by atoms with E-state index in [1.807, 2.05) is 37.3 Å². The van der Waals surface area contributed by atoms with E-state index in [0.717, 1.165) is 33.0 Å². The number of nitrogens with zero attached hydrogens (tertiary/aromatic N) is 2. The van der Waals surface area contributed by atoms with Crippen molar-refractivity contribution in [2.24, 2.45) is 16.5 Å². The molecular weight excluding hydrogens is 470 g/mol. The molecule has 0 unspecified atom stereocenters. The van der Waals surface area contributed by atoms with Gasteiger partial charge in [0.25, 0.3) is 10.0 Å². The third kappa shape index (κ3) is 5.29. The van der Waals surface area contributed by atoms with Gasteiger partial charge in [0.15, 0.2) is 5.96 Å². The Hall–Kier alpha value is -3.63. The number of aromatic nitrogens is 1. The molecule has 0 atom stereocenters. The lowest BCUT2D eigenvalue weighted by atomic mass is 10.0. The first-order chi connectivity index (χ1) is 16.2. The topological polar surface area (TPSA) is 133 Å². The Morgan fingerprint density at radius 2 is 1.74 bits per heavy atom. The molecule has 34 heavy (non-hydrogen) atoms. The maximum absolute atomic E-state index is 13.0. The molecular formula is C24H25N5O3S2. The molecule has 5 N–H and O–H groups in total. The van der Waals surface area contributed by atoms with Crippen molar-refractivity contribution in [3.05, 3.63) is 77.0 Å². The molecule has 1 aliphatic rings. The van der Waals surface area contributed by atoms with Crippen molar-refractivity contribution in [3.8, 4) is 16.9 Å². The van der Waals surface area contributed by atoms with Gasteiger partial charge in [0.05, 0.1) is 22.6 Å². The summed E-state index contributed by atoms with van der Waals surface area (Å²) in [4.78, 5) is 9.48. The summed E-state index contributed by atoms with van der Waals surface area (Å²) in [5.41, 5.74) is 15.1. The minimum Gasteiger partial charge on any atom is -0.497 e. The van der Waals surface area contributed by atoms with Gasteiger partial charge >= 0.3 is 0 Å². The van der Waals surface area contributed by atoms with E-state index >= 15 is 0 Å². The molecule has 1 aliphatic carbocycles. The molecule has 8 nitrogen and oxygen atoms in total. The standard InChI is InChI=1S/C24H25N5O3S2/c1-15-22(33-24(27-15)28-23(25)26)18-4-3-5-19(14-18)29-34(30,31)21-12-8-17(9-13-21)16-6-10-20(32-2)11-7-16/h4,6-14,29H,3,5H2,1-2H3,(H4,25,26,27,28). The van der Waals surface area contributed by atoms with Crippen LogP contribution in [0, 0.1) is 6.92 Å². The maximum Gasteiger partial charge on any atom is 0.261 e. The largest absolute Gasteiger partial charge is 0.497 e. The molecule has 0 aliphatic heterocycles. The number of sulfonamides is 1. The Morgan fingerprint density at radius 3 is 2.35 bits per heavy atom. The minimum absolute atomic E-state index is 0.0556. The van der Waals surface area contributed by atoms with Crippen LogP contribution < -0.4 is 20.9 Å². The van der Waals surface area contributed by atoms with Gasteiger partial charge in [-0.15, -0.1) is 0 Å². The summed E-state index contributed by atoms with van der Waals surface area (Å²) in [6.07, 6.45) is 5.19. The van der Waals surface area contributed by atoms with Crippen LogP contribution in [0.4, 0.5) is 5.13 Å². The lowest BCUT2D eigenvalue weighted by Gasteiger charge is -2.16. The van der Waals surface area contributed by atoms with Crippen LogP contribution in [0.15, 0.2) is 76.3 Å². The average Bonchev–Trinajstić information content (AvgIpc) is 3.18. The number of thiazole rings is 1. The fourth-order valence-corrected chi connectivity index (χ4v) is 5.68. The molecule has 0 fully saturated rings. The molecule has 0 radical (unpaired) electrons. The van der Waals surface area contributed by atoms with Gasteiger partial charge in [-0.25, -0.2) is 13.4 Å². The van der Waals surface area contributed by atoms with Gasteiger partial charge in [-0.05, 0) is 66.8 Å². The second kappa shape index (κ2) is 9.70. The molecule has 1 aromatic heterocycles. The summed E-state index contributed by atoms with van der Waals surface area (Å²) in [5, 5.41) is 0.464. The van der Waals surface area contributed by atoms with Crippen molar-refractivity contribution in [1.82, 2.24) is 9.71 Å². The number of hydrogen-bond acceptors (Lipinski definition) is 6. The highest BCUT2D eigenvalue weighted by Gasteiger charge is 2.19. The highest BCUT2D eigenvalue weighted by molar-refractivity contribution is 7.89. The number of benzene rings is 2. The summed E-state index contributed by atoms with van der Waals surface area (Å²) in [6, 6.07) is 14.4. The quantitative estimate of drug-likeness (QED) is 0.334. The maximum atomic E-state index is 13.0. The smallest absolute Gasteiger partial charge is 0.261 e. The fraction of sp³-hybridized carbons (Fsp3) is 0.167. The van der Waals surface area contributed by atoms with Gasteiger partial charge in [0.1, 0.15) is 5.75 Å². The second-order valence-electron chi connectivity index (χ2n) is 7.67. The van der Waals surface area contributed by atoms with Crippen LogP contribution in [0.25, 0.3) is 16.7 Å². The Balaban J connectivity index is 1.52. The molecule has 0 saturated heterocycles. The first kappa shape index (κ1) is 23.5. The van der Waals surface area contributed by atoms with E-state index in [9.17, 15) is 8.42 Å². The van der Waals surface area contributed by atoms with Gasteiger partial charge < -0.3 is 16.2 Å². The predicted octanol–water partition coefficient (Wildman–Crippen LogP) is 4.07. The average molecular weight is 496 g/mol. The Bertz CT molecular complexity index is 1380. The molecule has 0 bridgehead atoms. The van der Waals surface area contributed by atoms with Gasteiger partial charge in [-0.1, -0.05) is 41.7 Å². The number of rotatable bonds is 7. The summed E-state index contributed by atoms with van der Waals surface area (Å²) in [7, 11) is -2.11. The summed E-state index contributed by atoms with van der Waals surface area (Å²) in [6.45, 7) is 1.87. The number of allylic oxidation sites excluding steroid dienone is 4. The minimum atomic E-state index is -3.73. The number of nitrogens with two attached hydrogens (primary N) is 2. The normalized spacial score (nSPS) is 13.6. The number of aliphatic imine (C=N–C) groups is 1. The number of aryl methyl sites for hydroxylation is 1. The number of ether oxygens (including phenoxy) is 1. The molecule has 0 amide bonds. The van der Waals surface area contributed by atoms with E-state index in [1.165, 1.54) is 11.3 Å². The molecule has 4 rings (SSSR count). The lowest BCUT2D eigenvalue weighted by Crippen LogP contribution is -2.24. The first-order valence-corrected chi connectivity index (χ1v) is 12.8. The highest BCUT2D eigenvalue weighted by atomic mass is 32.2. The molecule has 2 aromatic carbocycles. The van der Waals surface area contributed by atoms with Crippen LogP contribution in [-0.4, -0.2) is 26.5 Å². The van der Waals surface area contributed by atoms with Crippen molar-refractivity contribution >= 4 is 38.0 Å². The number of guanidine groups is 1. The van der Waals surface area contributed by atoms with E-state index in [-0.39, 0.29) is 10.9 Å². The molecule has 3 aromatic rings. The van der Waals surface area contributed by atoms with Crippen molar-refractivity contribution in [3.63, 3.8) is 0 Å². The van der Waals surface area contributed by atoms with Crippen molar-refractivity contribution in [2.45, 2.75) is 24.7 Å². The lowest BCUT2D eigenvalue weighted by molar-refractivity contribution is 0.415. The SMILES string of the molecule is COc1ccc(-c2ccc(S(=O)(=O)NC3=CC(c4sc(N=C(N)N)nc4C)=CCC3)cc2)cc1. The predicted molar refractivity (Wildman–Crippen MR) is 136 cm³/mol. The van der Waals surface area contributed by atoms with Gasteiger partial charge in [0, 0.05) is 5.70 Å². The van der Waals surface area contributed by atoms with E-state index in [0.29, 0.717) is 23.7 Å². The Kier molecular flexibility index (Phi) is 6.71. The molecule has 1 heterocycles.